The van der Waals surface area contributed by atoms with Gasteiger partial charge >= 0.3 is 0 Å². The number of aliphatic hydroxyl groups is 1. The summed E-state index contributed by atoms with van der Waals surface area (Å²) in [4.78, 5) is 0. The molecule has 0 spiro atoms. The van der Waals surface area contributed by atoms with Crippen LogP contribution in [0, 0.1) is 12.8 Å². The third-order valence-electron chi connectivity index (χ3n) is 3.41. The molecule has 0 aliphatic heterocycles. The van der Waals surface area contributed by atoms with E-state index in [9.17, 15) is 5.11 Å². The van der Waals surface area contributed by atoms with Gasteiger partial charge in [0.05, 0.1) is 12.6 Å². The van der Waals surface area contributed by atoms with Gasteiger partial charge in [0, 0.05) is 13.6 Å². The van der Waals surface area contributed by atoms with Crippen LogP contribution in [0.15, 0.2) is 0 Å². The highest BCUT2D eigenvalue weighted by molar-refractivity contribution is 4.92. The molecule has 0 aromatic carbocycles. The van der Waals surface area contributed by atoms with Crippen LogP contribution in [0.3, 0.4) is 0 Å². The molecule has 1 heterocycles. The van der Waals surface area contributed by atoms with E-state index in [1.165, 1.54) is 0 Å². The van der Waals surface area contributed by atoms with E-state index in [0.29, 0.717) is 19.0 Å². The van der Waals surface area contributed by atoms with Gasteiger partial charge in [-0.25, -0.2) is 0 Å². The Bertz CT molecular complexity index is 333. The minimum Gasteiger partial charge on any atom is -0.392 e. The fraction of sp³-hybridized carbons (Fsp3) is 0.833. The first-order valence-electron chi connectivity index (χ1n) is 6.33. The van der Waals surface area contributed by atoms with Gasteiger partial charge in [-0.15, -0.1) is 10.2 Å². The first-order chi connectivity index (χ1) is 8.10. The van der Waals surface area contributed by atoms with Crippen LogP contribution in [0.25, 0.3) is 0 Å². The van der Waals surface area contributed by atoms with Gasteiger partial charge in [0.1, 0.15) is 11.6 Å². The van der Waals surface area contributed by atoms with Crippen molar-refractivity contribution >= 4 is 0 Å². The summed E-state index contributed by atoms with van der Waals surface area (Å²) in [7, 11) is 1.95. The minimum atomic E-state index is -0.278. The SMILES string of the molecule is CCC(CC)C(O)CNCc1nnc(C)n1C. The lowest BCUT2D eigenvalue weighted by atomic mass is 9.97. The van der Waals surface area contributed by atoms with Crippen molar-refractivity contribution in [1.29, 1.82) is 0 Å². The topological polar surface area (TPSA) is 63.0 Å². The molecule has 1 rings (SSSR count). The summed E-state index contributed by atoms with van der Waals surface area (Å²) in [5.41, 5.74) is 0. The highest BCUT2D eigenvalue weighted by Gasteiger charge is 2.15. The highest BCUT2D eigenvalue weighted by atomic mass is 16.3. The summed E-state index contributed by atoms with van der Waals surface area (Å²) in [6.45, 7) is 7.41. The van der Waals surface area contributed by atoms with Crippen molar-refractivity contribution in [2.24, 2.45) is 13.0 Å². The number of nitrogens with one attached hydrogen (secondary N) is 1. The Hall–Kier alpha value is -0.940. The largest absolute Gasteiger partial charge is 0.392 e. The van der Waals surface area contributed by atoms with E-state index < -0.39 is 0 Å². The van der Waals surface area contributed by atoms with Gasteiger partial charge in [0.2, 0.25) is 0 Å². The Morgan fingerprint density at radius 1 is 1.29 bits per heavy atom. The lowest BCUT2D eigenvalue weighted by Crippen LogP contribution is -2.32. The molecule has 98 valence electrons. The summed E-state index contributed by atoms with van der Waals surface area (Å²) < 4.78 is 1.95. The standard InChI is InChI=1S/C12H24N4O/c1-5-10(6-2)11(17)7-13-8-12-15-14-9(3)16(12)4/h10-11,13,17H,5-8H2,1-4H3. The maximum Gasteiger partial charge on any atom is 0.146 e. The average Bonchev–Trinajstić information content (AvgIpc) is 2.62. The molecular weight excluding hydrogens is 216 g/mol. The van der Waals surface area contributed by atoms with Crippen molar-refractivity contribution in [2.75, 3.05) is 6.54 Å². The molecule has 0 aliphatic rings. The Balaban J connectivity index is 2.35. The van der Waals surface area contributed by atoms with Gasteiger partial charge in [-0.3, -0.25) is 0 Å². The van der Waals surface area contributed by atoms with Crippen LogP contribution in [0.2, 0.25) is 0 Å². The van der Waals surface area contributed by atoms with Crippen LogP contribution in [0.5, 0.6) is 0 Å². The molecule has 1 aromatic rings. The van der Waals surface area contributed by atoms with E-state index in [1.807, 2.05) is 18.5 Å². The third kappa shape index (κ3) is 3.78. The van der Waals surface area contributed by atoms with Gasteiger partial charge in [0.25, 0.3) is 0 Å². The molecule has 1 aromatic heterocycles. The van der Waals surface area contributed by atoms with E-state index in [4.69, 9.17) is 0 Å². The molecule has 0 amide bonds. The number of aryl methyl sites for hydroxylation is 1. The van der Waals surface area contributed by atoms with Gasteiger partial charge in [-0.2, -0.15) is 0 Å². The van der Waals surface area contributed by atoms with Crippen molar-refractivity contribution in [1.82, 2.24) is 20.1 Å². The number of hydrogen-bond acceptors (Lipinski definition) is 4. The molecule has 5 heteroatoms. The molecule has 0 bridgehead atoms. The molecule has 0 fully saturated rings. The molecule has 0 saturated heterocycles. The van der Waals surface area contributed by atoms with Crippen molar-refractivity contribution < 1.29 is 5.11 Å². The smallest absolute Gasteiger partial charge is 0.146 e. The van der Waals surface area contributed by atoms with Crippen LogP contribution in [0.1, 0.15) is 38.3 Å². The quantitative estimate of drug-likeness (QED) is 0.746. The predicted molar refractivity (Wildman–Crippen MR) is 67.5 cm³/mol. The highest BCUT2D eigenvalue weighted by Crippen LogP contribution is 2.12. The Morgan fingerprint density at radius 3 is 2.41 bits per heavy atom. The maximum absolute atomic E-state index is 9.96. The molecular formula is C12H24N4O. The van der Waals surface area contributed by atoms with E-state index in [0.717, 1.165) is 24.5 Å². The zero-order chi connectivity index (χ0) is 12.8. The van der Waals surface area contributed by atoms with Crippen LogP contribution >= 0.6 is 0 Å². The molecule has 0 radical (unpaired) electrons. The van der Waals surface area contributed by atoms with Gasteiger partial charge in [-0.05, 0) is 12.8 Å². The predicted octanol–water partition coefficient (Wildman–Crippen LogP) is 1.01. The first-order valence-corrected chi connectivity index (χ1v) is 6.33. The second-order valence-electron chi connectivity index (χ2n) is 4.50. The number of nitrogens with zero attached hydrogens (tertiary/aromatic N) is 3. The first kappa shape index (κ1) is 14.1. The van der Waals surface area contributed by atoms with Crippen LogP contribution in [-0.4, -0.2) is 32.5 Å². The zero-order valence-corrected chi connectivity index (χ0v) is 11.3. The molecule has 1 unspecified atom stereocenters. The van der Waals surface area contributed by atoms with Crippen molar-refractivity contribution in [3.8, 4) is 0 Å². The minimum absolute atomic E-state index is 0.278. The summed E-state index contributed by atoms with van der Waals surface area (Å²) in [5, 5.41) is 21.2. The Kier molecular flexibility index (Phi) is 5.58. The summed E-state index contributed by atoms with van der Waals surface area (Å²) in [5.74, 6) is 2.19. The molecule has 17 heavy (non-hydrogen) atoms. The molecule has 0 aliphatic carbocycles. The van der Waals surface area contributed by atoms with Gasteiger partial charge < -0.3 is 15.0 Å². The normalized spacial score (nSPS) is 13.3. The van der Waals surface area contributed by atoms with Crippen molar-refractivity contribution in [2.45, 2.75) is 46.3 Å². The van der Waals surface area contributed by atoms with E-state index in [2.05, 4.69) is 29.4 Å². The van der Waals surface area contributed by atoms with Gasteiger partial charge in [0.15, 0.2) is 0 Å². The Morgan fingerprint density at radius 2 is 1.94 bits per heavy atom. The van der Waals surface area contributed by atoms with Crippen molar-refractivity contribution in [3.05, 3.63) is 11.6 Å². The maximum atomic E-state index is 9.96. The lowest BCUT2D eigenvalue weighted by molar-refractivity contribution is 0.101. The monoisotopic (exact) mass is 240 g/mol. The van der Waals surface area contributed by atoms with Crippen molar-refractivity contribution in [3.63, 3.8) is 0 Å². The summed E-state index contributed by atoms with van der Waals surface area (Å²) in [6.07, 6.45) is 1.75. The molecule has 2 N–H and O–H groups in total. The fourth-order valence-corrected chi connectivity index (χ4v) is 1.94. The lowest BCUT2D eigenvalue weighted by Gasteiger charge is -2.20. The third-order valence-corrected chi connectivity index (χ3v) is 3.41. The number of rotatable bonds is 7. The number of aromatic nitrogens is 3. The van der Waals surface area contributed by atoms with Crippen LogP contribution < -0.4 is 5.32 Å². The second kappa shape index (κ2) is 6.71. The second-order valence-corrected chi connectivity index (χ2v) is 4.50. The van der Waals surface area contributed by atoms with E-state index >= 15 is 0 Å². The molecule has 0 saturated carbocycles. The summed E-state index contributed by atoms with van der Waals surface area (Å²) >= 11 is 0. The van der Waals surface area contributed by atoms with Gasteiger partial charge in [-0.1, -0.05) is 26.7 Å². The molecule has 5 nitrogen and oxygen atoms in total. The van der Waals surface area contributed by atoms with Crippen LogP contribution in [0.4, 0.5) is 0 Å². The fourth-order valence-electron chi connectivity index (χ4n) is 1.94. The summed E-state index contributed by atoms with van der Waals surface area (Å²) in [6, 6.07) is 0. The number of hydrogen-bond donors (Lipinski definition) is 2. The van der Waals surface area contributed by atoms with Crippen LogP contribution in [-0.2, 0) is 13.6 Å². The molecule has 1 atom stereocenters. The Labute approximate surface area is 103 Å². The van der Waals surface area contributed by atoms with E-state index in [-0.39, 0.29) is 6.10 Å². The number of aliphatic hydroxyl groups excluding tert-OH is 1. The van der Waals surface area contributed by atoms with E-state index in [1.54, 1.807) is 0 Å². The average molecular weight is 240 g/mol. The zero-order valence-electron chi connectivity index (χ0n) is 11.3.